The van der Waals surface area contributed by atoms with Crippen molar-refractivity contribution in [2.75, 3.05) is 31.5 Å². The van der Waals surface area contributed by atoms with Gasteiger partial charge in [-0.25, -0.2) is 16.8 Å². The van der Waals surface area contributed by atoms with Crippen LogP contribution in [0.25, 0.3) is 33.4 Å². The van der Waals surface area contributed by atoms with E-state index in [2.05, 4.69) is 0 Å². The van der Waals surface area contributed by atoms with Gasteiger partial charge >= 0.3 is 0 Å². The second kappa shape index (κ2) is 12.0. The molecule has 13 heteroatoms. The SMILES string of the molecule is CN(c1ccc2c(-c3ccccc3S(=O)(=O)O)c3ccc(=[N+](C)c4ccccc4S(C)(=O)=O)cc-3oc2c1)c1ccccc1S(C)(=O)=O. The van der Waals surface area contributed by atoms with Crippen LogP contribution in [0.3, 0.4) is 0 Å². The molecule has 1 aliphatic heterocycles. The molecule has 0 saturated carbocycles. The third-order valence-electron chi connectivity index (χ3n) is 8.15. The Hall–Kier alpha value is -4.82. The highest BCUT2D eigenvalue weighted by Gasteiger charge is 2.26. The summed E-state index contributed by atoms with van der Waals surface area (Å²) in [5.74, 6) is 0.347. The maximum absolute atomic E-state index is 12.6. The number of sulfone groups is 2. The van der Waals surface area contributed by atoms with Crippen LogP contribution in [0.5, 0.6) is 0 Å². The van der Waals surface area contributed by atoms with Gasteiger partial charge in [0, 0.05) is 65.5 Å². The number of anilines is 2. The average Bonchev–Trinajstić information content (AvgIpc) is 3.04. The number of benzene rings is 5. The van der Waals surface area contributed by atoms with Crippen LogP contribution in [0, 0.1) is 0 Å². The van der Waals surface area contributed by atoms with Gasteiger partial charge in [-0.1, -0.05) is 42.5 Å². The van der Waals surface area contributed by atoms with Crippen LogP contribution < -0.4 is 14.8 Å². The predicted octanol–water partition coefficient (Wildman–Crippen LogP) is 5.76. The molecule has 2 aliphatic rings. The van der Waals surface area contributed by atoms with E-state index in [-0.39, 0.29) is 20.2 Å². The van der Waals surface area contributed by atoms with Crippen molar-refractivity contribution >= 4 is 57.8 Å². The Bertz CT molecular complexity index is 2630. The zero-order valence-corrected chi connectivity index (χ0v) is 28.8. The third-order valence-corrected chi connectivity index (χ3v) is 11.4. The highest BCUT2D eigenvalue weighted by molar-refractivity contribution is 7.91. The Kier molecular flexibility index (Phi) is 8.28. The molecule has 0 atom stereocenters. The molecule has 48 heavy (non-hydrogen) atoms. The highest BCUT2D eigenvalue weighted by atomic mass is 32.2. The van der Waals surface area contributed by atoms with E-state index in [1.165, 1.54) is 24.3 Å². The van der Waals surface area contributed by atoms with E-state index in [0.717, 1.165) is 12.5 Å². The summed E-state index contributed by atoms with van der Waals surface area (Å²) in [5.41, 5.74) is 3.10. The van der Waals surface area contributed by atoms with Gasteiger partial charge in [-0.3, -0.25) is 4.55 Å². The summed E-state index contributed by atoms with van der Waals surface area (Å²) >= 11 is 0. The van der Waals surface area contributed by atoms with Crippen molar-refractivity contribution in [2.45, 2.75) is 14.7 Å². The fraction of sp³-hybridized carbons (Fsp3) is 0.114. The maximum atomic E-state index is 12.6. The Morgan fingerprint density at radius 3 is 1.94 bits per heavy atom. The van der Waals surface area contributed by atoms with Crippen molar-refractivity contribution in [3.05, 3.63) is 115 Å². The molecule has 4 aromatic rings. The smallest absolute Gasteiger partial charge is 0.295 e. The zero-order chi connectivity index (χ0) is 34.6. The molecule has 246 valence electrons. The number of hydrogen-bond acceptors (Lipinski definition) is 8. The zero-order valence-electron chi connectivity index (χ0n) is 26.3. The fourth-order valence-electron chi connectivity index (χ4n) is 5.85. The van der Waals surface area contributed by atoms with E-state index in [4.69, 9.17) is 4.42 Å². The molecule has 10 nitrogen and oxygen atoms in total. The standard InChI is InChI=1S/C35H30N2O8S3/c1-36(28-12-6-9-15-33(28)46(3,38)39)23-17-19-25-30(21-23)45-31-22-24(37(2)29-13-7-10-16-34(29)47(4,40)41)18-20-26(31)35(25)27-11-5-8-14-32(27)48(42,43)44/h5-22H,1-4H3/p+1. The van der Waals surface area contributed by atoms with Gasteiger partial charge in [0.15, 0.2) is 19.7 Å². The lowest BCUT2D eigenvalue weighted by Gasteiger charge is -2.23. The first-order valence-electron chi connectivity index (χ1n) is 14.5. The van der Waals surface area contributed by atoms with Gasteiger partial charge in [0.1, 0.15) is 28.2 Å². The lowest BCUT2D eigenvalue weighted by Crippen LogP contribution is -2.23. The molecule has 0 aromatic heterocycles. The lowest BCUT2D eigenvalue weighted by molar-refractivity contribution is 0.483. The van der Waals surface area contributed by atoms with E-state index in [1.807, 2.05) is 0 Å². The monoisotopic (exact) mass is 703 g/mol. The molecule has 1 aliphatic carbocycles. The lowest BCUT2D eigenvalue weighted by atomic mass is 9.93. The third kappa shape index (κ3) is 6.13. The van der Waals surface area contributed by atoms with E-state index < -0.39 is 29.8 Å². The van der Waals surface area contributed by atoms with Crippen LogP contribution >= 0.6 is 0 Å². The number of fused-ring (bicyclic) bond motifs is 2. The predicted molar refractivity (Wildman–Crippen MR) is 186 cm³/mol. The summed E-state index contributed by atoms with van der Waals surface area (Å²) in [7, 11) is -8.29. The number of rotatable bonds is 7. The van der Waals surface area contributed by atoms with E-state index in [0.29, 0.717) is 50.3 Å². The average molecular weight is 704 g/mol. The first-order valence-corrected chi connectivity index (χ1v) is 19.7. The molecule has 6 rings (SSSR count). The van der Waals surface area contributed by atoms with Crippen molar-refractivity contribution in [3.63, 3.8) is 0 Å². The van der Waals surface area contributed by atoms with Crippen molar-refractivity contribution in [1.29, 1.82) is 0 Å². The maximum Gasteiger partial charge on any atom is 0.295 e. The number of para-hydroxylation sites is 2. The highest BCUT2D eigenvalue weighted by Crippen LogP contribution is 2.43. The Balaban J connectivity index is 1.68. The van der Waals surface area contributed by atoms with Crippen LogP contribution in [0.1, 0.15) is 0 Å². The van der Waals surface area contributed by atoms with Crippen molar-refractivity contribution in [1.82, 2.24) is 4.58 Å². The topological polar surface area (TPSA) is 142 Å². The van der Waals surface area contributed by atoms with Crippen LogP contribution in [-0.2, 0) is 29.8 Å². The largest absolute Gasteiger partial charge is 0.456 e. The molecule has 0 unspecified atom stereocenters. The van der Waals surface area contributed by atoms with Gasteiger partial charge in [-0.05, 0) is 42.5 Å². The molecule has 1 N–H and O–H groups in total. The summed E-state index contributed by atoms with van der Waals surface area (Å²) < 4.78 is 93.8. The first kappa shape index (κ1) is 33.1. The Labute approximate surface area is 278 Å². The number of nitrogens with zero attached hydrogens (tertiary/aromatic N) is 2. The second-order valence-corrected chi connectivity index (χ2v) is 16.8. The van der Waals surface area contributed by atoms with E-state index >= 15 is 0 Å². The first-order chi connectivity index (χ1) is 22.6. The van der Waals surface area contributed by atoms with Crippen LogP contribution in [0.15, 0.2) is 128 Å². The molecule has 0 saturated heterocycles. The quantitative estimate of drug-likeness (QED) is 0.125. The molecule has 0 radical (unpaired) electrons. The molecular weight excluding hydrogens is 673 g/mol. The summed E-state index contributed by atoms with van der Waals surface area (Å²) in [6, 6.07) is 29.8. The molecule has 0 bridgehead atoms. The van der Waals surface area contributed by atoms with Crippen molar-refractivity contribution in [2.24, 2.45) is 0 Å². The van der Waals surface area contributed by atoms with Crippen molar-refractivity contribution in [3.8, 4) is 22.5 Å². The van der Waals surface area contributed by atoms with Gasteiger partial charge in [-0.15, -0.1) is 0 Å². The molecule has 0 amide bonds. The van der Waals surface area contributed by atoms with Crippen LogP contribution in [0.2, 0.25) is 0 Å². The molecular formula is C35H31N2O8S3+. The van der Waals surface area contributed by atoms with Crippen LogP contribution in [0.4, 0.5) is 17.1 Å². The van der Waals surface area contributed by atoms with Gasteiger partial charge in [-0.2, -0.15) is 13.0 Å². The fourth-order valence-corrected chi connectivity index (χ4v) is 8.37. The van der Waals surface area contributed by atoms with E-state index in [1.54, 1.807) is 108 Å². The van der Waals surface area contributed by atoms with Gasteiger partial charge < -0.3 is 9.32 Å². The van der Waals surface area contributed by atoms with Gasteiger partial charge in [0.25, 0.3) is 10.1 Å². The Morgan fingerprint density at radius 1 is 0.667 bits per heavy atom. The minimum Gasteiger partial charge on any atom is -0.456 e. The molecule has 4 aromatic carbocycles. The second-order valence-electron chi connectivity index (χ2n) is 11.4. The minimum absolute atomic E-state index is 0.146. The summed E-state index contributed by atoms with van der Waals surface area (Å²) in [5, 5.41) is 1.13. The normalized spacial score (nSPS) is 13.1. The van der Waals surface area contributed by atoms with Gasteiger partial charge in [0.05, 0.1) is 16.6 Å². The summed E-state index contributed by atoms with van der Waals surface area (Å²) in [6.07, 6.45) is 2.28. The molecule has 1 heterocycles. The van der Waals surface area contributed by atoms with Crippen molar-refractivity contribution < 1.29 is 34.2 Å². The molecule has 0 spiro atoms. The van der Waals surface area contributed by atoms with Crippen LogP contribution in [-0.4, -0.2) is 56.4 Å². The molecule has 0 fully saturated rings. The minimum atomic E-state index is -4.63. The number of hydrogen-bond donors (Lipinski definition) is 1. The summed E-state index contributed by atoms with van der Waals surface area (Å²) in [6.45, 7) is 0. The summed E-state index contributed by atoms with van der Waals surface area (Å²) in [4.78, 5) is 1.72. The van der Waals surface area contributed by atoms with E-state index in [9.17, 15) is 29.8 Å². The Morgan fingerprint density at radius 2 is 1.27 bits per heavy atom. The van der Waals surface area contributed by atoms with Gasteiger partial charge in [0.2, 0.25) is 11.0 Å².